The third kappa shape index (κ3) is 3.58. The summed E-state index contributed by atoms with van der Waals surface area (Å²) >= 11 is 4.72. The smallest absolute Gasteiger partial charge is 0.229 e. The van der Waals surface area contributed by atoms with Gasteiger partial charge in [0.1, 0.15) is 0 Å². The fourth-order valence-electron chi connectivity index (χ4n) is 1.02. The van der Waals surface area contributed by atoms with E-state index in [1.54, 1.807) is 13.8 Å². The van der Waals surface area contributed by atoms with Gasteiger partial charge in [-0.2, -0.15) is 4.98 Å². The van der Waals surface area contributed by atoms with Crippen molar-refractivity contribution in [1.82, 2.24) is 15.5 Å². The first-order valence-corrected chi connectivity index (χ1v) is 5.27. The molecule has 1 rings (SSSR count). The van der Waals surface area contributed by atoms with Gasteiger partial charge in [-0.15, -0.1) is 0 Å². The van der Waals surface area contributed by atoms with Crippen LogP contribution in [0.5, 0.6) is 0 Å². The van der Waals surface area contributed by atoms with Crippen molar-refractivity contribution in [3.05, 3.63) is 11.7 Å². The van der Waals surface area contributed by atoms with Crippen LogP contribution in [0.2, 0.25) is 0 Å². The number of hydrogen-bond acceptors (Lipinski definition) is 5. The Morgan fingerprint density at radius 1 is 1.69 bits per heavy atom. The summed E-state index contributed by atoms with van der Waals surface area (Å²) in [6.45, 7) is 3.82. The van der Waals surface area contributed by atoms with Gasteiger partial charge in [0, 0.05) is 13.0 Å². The Morgan fingerprint density at radius 2 is 2.38 bits per heavy atom. The van der Waals surface area contributed by atoms with E-state index in [-0.39, 0.29) is 10.9 Å². The lowest BCUT2D eigenvalue weighted by molar-refractivity contribution is -0.122. The van der Waals surface area contributed by atoms with Gasteiger partial charge in [0.25, 0.3) is 0 Å². The zero-order chi connectivity index (χ0) is 12.1. The molecule has 1 unspecified atom stereocenters. The Labute approximate surface area is 98.6 Å². The van der Waals surface area contributed by atoms with E-state index in [1.165, 1.54) is 0 Å². The Hall–Kier alpha value is -1.50. The molecule has 16 heavy (non-hydrogen) atoms. The molecular formula is C9H14N4O2S. The van der Waals surface area contributed by atoms with E-state index in [2.05, 4.69) is 15.5 Å². The average Bonchev–Trinajstić information content (AvgIpc) is 2.62. The summed E-state index contributed by atoms with van der Waals surface area (Å²) in [5, 5.41) is 6.33. The Morgan fingerprint density at radius 3 is 2.88 bits per heavy atom. The van der Waals surface area contributed by atoms with E-state index in [0.29, 0.717) is 24.7 Å². The monoisotopic (exact) mass is 242 g/mol. The molecule has 0 aliphatic heterocycles. The van der Waals surface area contributed by atoms with E-state index in [1.807, 2.05) is 0 Å². The van der Waals surface area contributed by atoms with Crippen LogP contribution in [0, 0.1) is 12.8 Å². The minimum atomic E-state index is -0.459. The maximum Gasteiger partial charge on any atom is 0.229 e. The van der Waals surface area contributed by atoms with Gasteiger partial charge in [0.15, 0.2) is 5.82 Å². The molecular weight excluding hydrogens is 228 g/mol. The first-order chi connectivity index (χ1) is 7.50. The second-order valence-electron chi connectivity index (χ2n) is 3.40. The molecule has 3 N–H and O–H groups in total. The highest BCUT2D eigenvalue weighted by Crippen LogP contribution is 1.97. The molecule has 1 aromatic heterocycles. The zero-order valence-electron chi connectivity index (χ0n) is 9.19. The van der Waals surface area contributed by atoms with Crippen LogP contribution in [0.1, 0.15) is 18.6 Å². The predicted molar refractivity (Wildman–Crippen MR) is 61.7 cm³/mol. The molecule has 1 heterocycles. The van der Waals surface area contributed by atoms with Gasteiger partial charge in [-0.1, -0.05) is 17.4 Å². The maximum atomic E-state index is 11.4. The molecule has 0 bridgehead atoms. The zero-order valence-corrected chi connectivity index (χ0v) is 10.0. The van der Waals surface area contributed by atoms with Crippen molar-refractivity contribution in [2.45, 2.75) is 20.3 Å². The summed E-state index contributed by atoms with van der Waals surface area (Å²) in [5.41, 5.74) is 5.35. The SMILES string of the molecule is Cc1noc(CCNC(=O)C(C)C(N)=S)n1. The number of thiocarbonyl (C=S) groups is 1. The van der Waals surface area contributed by atoms with Crippen LogP contribution in [0.3, 0.4) is 0 Å². The molecule has 0 aromatic carbocycles. The summed E-state index contributed by atoms with van der Waals surface area (Å²) in [6, 6.07) is 0. The van der Waals surface area contributed by atoms with Gasteiger partial charge in [0.05, 0.1) is 10.9 Å². The number of hydrogen-bond donors (Lipinski definition) is 2. The van der Waals surface area contributed by atoms with Crippen molar-refractivity contribution in [2.75, 3.05) is 6.54 Å². The van der Waals surface area contributed by atoms with Crippen molar-refractivity contribution in [3.63, 3.8) is 0 Å². The number of aryl methyl sites for hydroxylation is 1. The van der Waals surface area contributed by atoms with Crippen LogP contribution in [0.25, 0.3) is 0 Å². The van der Waals surface area contributed by atoms with Gasteiger partial charge in [0.2, 0.25) is 11.8 Å². The first kappa shape index (κ1) is 12.6. The van der Waals surface area contributed by atoms with Crippen LogP contribution in [-0.2, 0) is 11.2 Å². The molecule has 6 nitrogen and oxygen atoms in total. The molecule has 0 radical (unpaired) electrons. The molecule has 1 amide bonds. The molecule has 1 aromatic rings. The normalized spacial score (nSPS) is 12.1. The lowest BCUT2D eigenvalue weighted by Crippen LogP contribution is -2.37. The van der Waals surface area contributed by atoms with Crippen LogP contribution in [0.4, 0.5) is 0 Å². The van der Waals surface area contributed by atoms with E-state index in [9.17, 15) is 4.79 Å². The lowest BCUT2D eigenvalue weighted by Gasteiger charge is -2.09. The molecule has 7 heteroatoms. The number of rotatable bonds is 5. The topological polar surface area (TPSA) is 94.0 Å². The third-order valence-corrected chi connectivity index (χ3v) is 2.38. The number of carbonyl (C=O) groups excluding carboxylic acids is 1. The quantitative estimate of drug-likeness (QED) is 0.704. The maximum absolute atomic E-state index is 11.4. The molecule has 88 valence electrons. The van der Waals surface area contributed by atoms with Gasteiger partial charge in [-0.25, -0.2) is 0 Å². The van der Waals surface area contributed by atoms with Crippen LogP contribution < -0.4 is 11.1 Å². The van der Waals surface area contributed by atoms with Crippen molar-refractivity contribution in [2.24, 2.45) is 11.7 Å². The highest BCUT2D eigenvalue weighted by molar-refractivity contribution is 7.80. The van der Waals surface area contributed by atoms with E-state index < -0.39 is 5.92 Å². The van der Waals surface area contributed by atoms with Gasteiger partial charge in [-0.05, 0) is 13.8 Å². The Kier molecular flexibility index (Phi) is 4.36. The van der Waals surface area contributed by atoms with Crippen molar-refractivity contribution in [1.29, 1.82) is 0 Å². The average molecular weight is 242 g/mol. The number of nitrogens with one attached hydrogen (secondary N) is 1. The van der Waals surface area contributed by atoms with Crippen LogP contribution in [0.15, 0.2) is 4.52 Å². The molecule has 0 aliphatic carbocycles. The molecule has 0 saturated carbocycles. The Balaban J connectivity index is 2.30. The number of carbonyl (C=O) groups is 1. The highest BCUT2D eigenvalue weighted by Gasteiger charge is 2.14. The minimum Gasteiger partial charge on any atom is -0.393 e. The first-order valence-electron chi connectivity index (χ1n) is 4.87. The molecule has 0 spiro atoms. The standard InChI is InChI=1S/C9H14N4O2S/c1-5(8(10)16)9(14)11-4-3-7-12-6(2)13-15-7/h5H,3-4H2,1-2H3,(H2,10,16)(H,11,14). The molecule has 0 aliphatic rings. The Bertz CT molecular complexity index is 391. The number of nitrogens with two attached hydrogens (primary N) is 1. The fourth-order valence-corrected chi connectivity index (χ4v) is 1.12. The van der Waals surface area contributed by atoms with Crippen molar-refractivity contribution in [3.8, 4) is 0 Å². The van der Waals surface area contributed by atoms with Gasteiger partial charge in [-0.3, -0.25) is 4.79 Å². The van der Waals surface area contributed by atoms with Crippen LogP contribution >= 0.6 is 12.2 Å². The van der Waals surface area contributed by atoms with E-state index in [0.717, 1.165) is 0 Å². The number of nitrogens with zero attached hydrogens (tertiary/aromatic N) is 2. The fraction of sp³-hybridized carbons (Fsp3) is 0.556. The van der Waals surface area contributed by atoms with Crippen LogP contribution in [-0.4, -0.2) is 27.6 Å². The van der Waals surface area contributed by atoms with Gasteiger partial charge >= 0.3 is 0 Å². The molecule has 0 saturated heterocycles. The number of amides is 1. The lowest BCUT2D eigenvalue weighted by atomic mass is 10.1. The van der Waals surface area contributed by atoms with E-state index in [4.69, 9.17) is 22.5 Å². The summed E-state index contributed by atoms with van der Waals surface area (Å²) in [6.07, 6.45) is 0.497. The van der Waals surface area contributed by atoms with Crippen molar-refractivity contribution < 1.29 is 9.32 Å². The molecule has 0 fully saturated rings. The summed E-state index contributed by atoms with van der Waals surface area (Å²) in [7, 11) is 0. The summed E-state index contributed by atoms with van der Waals surface area (Å²) in [5.74, 6) is 0.432. The summed E-state index contributed by atoms with van der Waals surface area (Å²) < 4.78 is 4.89. The van der Waals surface area contributed by atoms with E-state index >= 15 is 0 Å². The minimum absolute atomic E-state index is 0.186. The number of aromatic nitrogens is 2. The van der Waals surface area contributed by atoms with Gasteiger partial charge < -0.3 is 15.6 Å². The predicted octanol–water partition coefficient (Wildman–Crippen LogP) is -0.0411. The largest absolute Gasteiger partial charge is 0.393 e. The second-order valence-corrected chi connectivity index (χ2v) is 3.87. The summed E-state index contributed by atoms with van der Waals surface area (Å²) in [4.78, 5) is 15.6. The second kappa shape index (κ2) is 5.55. The van der Waals surface area contributed by atoms with Crippen molar-refractivity contribution >= 4 is 23.1 Å². The molecule has 1 atom stereocenters. The highest BCUT2D eigenvalue weighted by atomic mass is 32.1. The third-order valence-electron chi connectivity index (χ3n) is 2.03.